The molecule has 0 radical (unpaired) electrons. The first kappa shape index (κ1) is 20.4. The minimum atomic E-state index is -0.162. The van der Waals surface area contributed by atoms with Crippen molar-refractivity contribution < 1.29 is 9.53 Å². The highest BCUT2D eigenvalue weighted by molar-refractivity contribution is 6.43. The van der Waals surface area contributed by atoms with Crippen LogP contribution in [0.4, 0.5) is 0 Å². The Bertz CT molecular complexity index is 637. The highest BCUT2D eigenvalue weighted by Gasteiger charge is 2.20. The third kappa shape index (κ3) is 6.70. The van der Waals surface area contributed by atoms with E-state index in [9.17, 15) is 4.79 Å². The average Bonchev–Trinajstić information content (AvgIpc) is 2.56. The van der Waals surface area contributed by atoms with Gasteiger partial charge in [-0.3, -0.25) is 9.69 Å². The molecule has 1 amide bonds. The van der Waals surface area contributed by atoms with Crippen molar-refractivity contribution in [3.8, 4) is 5.75 Å². The fraction of sp³-hybridized carbons (Fsp3) is 0.500. The summed E-state index contributed by atoms with van der Waals surface area (Å²) >= 11 is 17.8. The number of hydrogen-bond donors (Lipinski definition) is 1. The number of rotatable bonds is 6. The lowest BCUT2D eigenvalue weighted by Gasteiger charge is -2.31. The van der Waals surface area contributed by atoms with Crippen molar-refractivity contribution in [3.05, 3.63) is 38.8 Å². The van der Waals surface area contributed by atoms with Gasteiger partial charge < -0.3 is 10.1 Å². The number of piperidine rings is 1. The minimum absolute atomic E-state index is 0.102. The zero-order valence-electron chi connectivity index (χ0n) is 14.4. The predicted molar refractivity (Wildman–Crippen MR) is 104 cm³/mol. The van der Waals surface area contributed by atoms with E-state index in [1.807, 2.05) is 0 Å². The van der Waals surface area contributed by atoms with Crippen LogP contribution in [0.15, 0.2) is 23.8 Å². The highest BCUT2D eigenvalue weighted by atomic mass is 35.5. The van der Waals surface area contributed by atoms with Gasteiger partial charge in [0.15, 0.2) is 6.61 Å². The van der Waals surface area contributed by atoms with E-state index in [4.69, 9.17) is 39.5 Å². The second kappa shape index (κ2) is 9.67. The molecule has 0 bridgehead atoms. The number of nitrogens with zero attached hydrogens (tertiary/aromatic N) is 1. The number of halogens is 3. The summed E-state index contributed by atoms with van der Waals surface area (Å²) in [5.74, 6) is 0.188. The van der Waals surface area contributed by atoms with Gasteiger partial charge in [0.2, 0.25) is 0 Å². The number of allylic oxidation sites excluding steroid dienone is 1. The summed E-state index contributed by atoms with van der Waals surface area (Å²) in [7, 11) is 0. The maximum atomic E-state index is 12.1. The molecule has 1 saturated heterocycles. The van der Waals surface area contributed by atoms with E-state index in [-0.39, 0.29) is 18.6 Å². The maximum Gasteiger partial charge on any atom is 0.258 e. The molecular weight excluding hydrogens is 383 g/mol. The number of likely N-dealkylation sites (tertiary alicyclic amines) is 1. The zero-order chi connectivity index (χ0) is 18.4. The Hall–Kier alpha value is -0.940. The summed E-state index contributed by atoms with van der Waals surface area (Å²) < 4.78 is 5.46. The molecular formula is C18H23Cl3N2O2. The number of ether oxygens (including phenoxy) is 1. The summed E-state index contributed by atoms with van der Waals surface area (Å²) in [6.45, 7) is 7.04. The van der Waals surface area contributed by atoms with E-state index in [1.54, 1.807) is 0 Å². The Morgan fingerprint density at radius 2 is 1.84 bits per heavy atom. The molecule has 1 heterocycles. The molecule has 25 heavy (non-hydrogen) atoms. The maximum absolute atomic E-state index is 12.1. The Labute approximate surface area is 164 Å². The Kier molecular flexibility index (Phi) is 7.88. The van der Waals surface area contributed by atoms with Crippen LogP contribution in [0.25, 0.3) is 0 Å². The molecule has 0 saturated carbocycles. The van der Waals surface area contributed by atoms with Crippen molar-refractivity contribution in [1.82, 2.24) is 10.2 Å². The molecule has 2 rings (SSSR count). The van der Waals surface area contributed by atoms with Crippen LogP contribution in [0.5, 0.6) is 5.75 Å². The van der Waals surface area contributed by atoms with Gasteiger partial charge in [-0.05, 0) is 32.8 Å². The van der Waals surface area contributed by atoms with Gasteiger partial charge in [-0.1, -0.05) is 46.5 Å². The summed E-state index contributed by atoms with van der Waals surface area (Å²) in [4.78, 5) is 14.5. The van der Waals surface area contributed by atoms with Crippen molar-refractivity contribution in [2.45, 2.75) is 32.7 Å². The molecule has 7 heteroatoms. The van der Waals surface area contributed by atoms with Crippen LogP contribution in [-0.2, 0) is 4.79 Å². The molecule has 0 spiro atoms. The lowest BCUT2D eigenvalue weighted by Crippen LogP contribution is -2.45. The largest absolute Gasteiger partial charge is 0.482 e. The van der Waals surface area contributed by atoms with Crippen molar-refractivity contribution in [2.75, 3.05) is 26.2 Å². The topological polar surface area (TPSA) is 41.6 Å². The minimum Gasteiger partial charge on any atom is -0.482 e. The van der Waals surface area contributed by atoms with Crippen molar-refractivity contribution in [3.63, 3.8) is 0 Å². The Morgan fingerprint density at radius 3 is 2.48 bits per heavy atom. The fourth-order valence-electron chi connectivity index (χ4n) is 2.60. The van der Waals surface area contributed by atoms with Gasteiger partial charge in [-0.15, -0.1) is 0 Å². The van der Waals surface area contributed by atoms with Crippen LogP contribution in [0.2, 0.25) is 15.1 Å². The molecule has 1 fully saturated rings. The molecule has 1 N–H and O–H groups in total. The third-order valence-corrected chi connectivity index (χ3v) is 5.06. The second-order valence-electron chi connectivity index (χ2n) is 6.41. The van der Waals surface area contributed by atoms with Crippen LogP contribution in [0.3, 0.4) is 0 Å². The van der Waals surface area contributed by atoms with Gasteiger partial charge in [-0.2, -0.15) is 0 Å². The van der Waals surface area contributed by atoms with E-state index < -0.39 is 0 Å². The predicted octanol–water partition coefficient (Wildman–Crippen LogP) is 4.57. The fourth-order valence-corrected chi connectivity index (χ4v) is 3.19. The second-order valence-corrected chi connectivity index (χ2v) is 7.63. The van der Waals surface area contributed by atoms with Crippen LogP contribution < -0.4 is 10.1 Å². The molecule has 138 valence electrons. The first-order chi connectivity index (χ1) is 11.8. The van der Waals surface area contributed by atoms with E-state index in [0.717, 1.165) is 32.5 Å². The first-order valence-electron chi connectivity index (χ1n) is 8.27. The van der Waals surface area contributed by atoms with Crippen molar-refractivity contribution in [2.24, 2.45) is 0 Å². The van der Waals surface area contributed by atoms with E-state index in [0.29, 0.717) is 20.8 Å². The van der Waals surface area contributed by atoms with Gasteiger partial charge in [0.05, 0.1) is 15.1 Å². The molecule has 0 aromatic heterocycles. The Balaban J connectivity index is 1.75. The average molecular weight is 406 g/mol. The third-order valence-electron chi connectivity index (χ3n) is 4.04. The molecule has 4 nitrogen and oxygen atoms in total. The van der Waals surface area contributed by atoms with Gasteiger partial charge in [0.1, 0.15) is 5.75 Å². The molecule has 0 unspecified atom stereocenters. The number of carbonyl (C=O) groups is 1. The van der Waals surface area contributed by atoms with Gasteiger partial charge in [0.25, 0.3) is 5.91 Å². The smallest absolute Gasteiger partial charge is 0.258 e. The number of carbonyl (C=O) groups excluding carboxylic acids is 1. The lowest BCUT2D eigenvalue weighted by molar-refractivity contribution is -0.124. The van der Waals surface area contributed by atoms with E-state index in [2.05, 4.69) is 30.1 Å². The Morgan fingerprint density at radius 1 is 1.20 bits per heavy atom. The number of amides is 1. The normalized spacial score (nSPS) is 15.7. The molecule has 0 aliphatic carbocycles. The van der Waals surface area contributed by atoms with E-state index in [1.165, 1.54) is 17.7 Å². The van der Waals surface area contributed by atoms with Crippen LogP contribution in [-0.4, -0.2) is 43.1 Å². The number of benzene rings is 1. The molecule has 1 aliphatic rings. The molecule has 1 aromatic carbocycles. The monoisotopic (exact) mass is 404 g/mol. The number of nitrogens with one attached hydrogen (secondary N) is 1. The standard InChI is InChI=1S/C18H23Cl3N2O2/c1-12(2)3-6-23-7-4-13(5-8-23)22-18(24)11-25-17-10-15(20)14(19)9-16(17)21/h3,9-10,13H,4-8,11H2,1-2H3,(H,22,24). The molecule has 1 aromatic rings. The van der Waals surface area contributed by atoms with Crippen LogP contribution in [0, 0.1) is 0 Å². The summed E-state index contributed by atoms with van der Waals surface area (Å²) in [6, 6.07) is 3.20. The summed E-state index contributed by atoms with van der Waals surface area (Å²) in [5, 5.41) is 4.03. The van der Waals surface area contributed by atoms with Gasteiger partial charge >= 0.3 is 0 Å². The van der Waals surface area contributed by atoms with Crippen LogP contribution >= 0.6 is 34.8 Å². The number of hydrogen-bond acceptors (Lipinski definition) is 3. The van der Waals surface area contributed by atoms with Gasteiger partial charge in [-0.25, -0.2) is 0 Å². The van der Waals surface area contributed by atoms with E-state index >= 15 is 0 Å². The zero-order valence-corrected chi connectivity index (χ0v) is 16.7. The quantitative estimate of drug-likeness (QED) is 0.556. The summed E-state index contributed by atoms with van der Waals surface area (Å²) in [5.41, 5.74) is 1.33. The van der Waals surface area contributed by atoms with Crippen LogP contribution in [0.1, 0.15) is 26.7 Å². The van der Waals surface area contributed by atoms with Crippen molar-refractivity contribution in [1.29, 1.82) is 0 Å². The lowest BCUT2D eigenvalue weighted by atomic mass is 10.0. The highest BCUT2D eigenvalue weighted by Crippen LogP contribution is 2.33. The first-order valence-corrected chi connectivity index (χ1v) is 9.41. The molecule has 0 atom stereocenters. The van der Waals surface area contributed by atoms with Gasteiger partial charge in [0, 0.05) is 31.7 Å². The SMILES string of the molecule is CC(C)=CCN1CCC(NC(=O)COc2cc(Cl)c(Cl)cc2Cl)CC1. The van der Waals surface area contributed by atoms with Crippen molar-refractivity contribution >= 4 is 40.7 Å². The molecule has 1 aliphatic heterocycles. The summed E-state index contributed by atoms with van der Waals surface area (Å²) in [6.07, 6.45) is 4.11.